The number of nitrogens with one attached hydrogen (secondary N) is 4. The Morgan fingerprint density at radius 3 is 2.15 bits per heavy atom. The number of aliphatic carboxylic acids is 1. The Hall–Kier alpha value is -4.22. The van der Waals surface area contributed by atoms with Crippen LogP contribution in [0, 0.1) is 0 Å². The highest BCUT2D eigenvalue weighted by atomic mass is 16.4. The molecule has 1 heterocycles. The normalized spacial score (nSPS) is 13.3. The van der Waals surface area contributed by atoms with Crippen molar-refractivity contribution < 1.29 is 24.3 Å². The van der Waals surface area contributed by atoms with Crippen LogP contribution >= 0.6 is 0 Å². The van der Waals surface area contributed by atoms with E-state index in [2.05, 4.69) is 20.9 Å². The first kappa shape index (κ1) is 29.3. The lowest BCUT2D eigenvalue weighted by Gasteiger charge is -2.25. The van der Waals surface area contributed by atoms with Gasteiger partial charge in [0, 0.05) is 29.9 Å². The van der Waals surface area contributed by atoms with Gasteiger partial charge in [-0.2, -0.15) is 0 Å². The van der Waals surface area contributed by atoms with E-state index in [1.54, 1.807) is 18.3 Å². The zero-order valence-corrected chi connectivity index (χ0v) is 21.7. The molecule has 11 heteroatoms. The summed E-state index contributed by atoms with van der Waals surface area (Å²) in [6.45, 7) is 0.147. The van der Waals surface area contributed by atoms with Gasteiger partial charge in [-0.15, -0.1) is 0 Å². The Kier molecular flexibility index (Phi) is 11.0. The standard InChI is InChI=1S/C28H36N6O5/c29-13-7-6-12-22(32-25(35)16-30)26(36)33-23(14-18-8-2-1-3-9-18)27(37)34-24(28(38)39)15-19-17-31-21-11-5-4-10-20(19)21/h1-5,8-11,17,22-24,31H,6-7,12-16,29-30H2,(H,32,35)(H,33,36)(H,34,37)(H,38,39). The molecule has 0 saturated heterocycles. The van der Waals surface area contributed by atoms with E-state index >= 15 is 0 Å². The largest absolute Gasteiger partial charge is 0.480 e. The molecular formula is C28H36N6O5. The van der Waals surface area contributed by atoms with Crippen molar-refractivity contribution in [3.63, 3.8) is 0 Å². The van der Waals surface area contributed by atoms with E-state index in [0.29, 0.717) is 25.8 Å². The fourth-order valence-corrected chi connectivity index (χ4v) is 4.34. The number of hydrogen-bond acceptors (Lipinski definition) is 6. The van der Waals surface area contributed by atoms with Crippen LogP contribution in [0.4, 0.5) is 0 Å². The molecular weight excluding hydrogens is 500 g/mol. The van der Waals surface area contributed by atoms with Crippen LogP contribution < -0.4 is 27.4 Å². The summed E-state index contributed by atoms with van der Waals surface area (Å²) < 4.78 is 0. The number of carboxylic acid groups (broad SMARTS) is 1. The molecule has 3 rings (SSSR count). The number of nitrogens with two attached hydrogens (primary N) is 2. The third kappa shape index (κ3) is 8.66. The van der Waals surface area contributed by atoms with Crippen LogP contribution in [0.5, 0.6) is 0 Å². The van der Waals surface area contributed by atoms with Crippen LogP contribution in [-0.2, 0) is 32.0 Å². The summed E-state index contributed by atoms with van der Waals surface area (Å²) >= 11 is 0. The van der Waals surface area contributed by atoms with Crippen LogP contribution in [-0.4, -0.2) is 65.0 Å². The Labute approximate surface area is 226 Å². The summed E-state index contributed by atoms with van der Waals surface area (Å²) in [4.78, 5) is 53.8. The second-order valence-electron chi connectivity index (χ2n) is 9.32. The molecule has 208 valence electrons. The van der Waals surface area contributed by atoms with E-state index in [1.807, 2.05) is 42.5 Å². The third-order valence-corrected chi connectivity index (χ3v) is 6.41. The van der Waals surface area contributed by atoms with Crippen molar-refractivity contribution in [2.75, 3.05) is 13.1 Å². The van der Waals surface area contributed by atoms with Gasteiger partial charge >= 0.3 is 5.97 Å². The predicted octanol–water partition coefficient (Wildman–Crippen LogP) is 0.580. The van der Waals surface area contributed by atoms with Crippen LogP contribution in [0.25, 0.3) is 10.9 Å². The number of carboxylic acids is 1. The maximum atomic E-state index is 13.4. The van der Waals surface area contributed by atoms with Gasteiger partial charge in [-0.05, 0) is 43.0 Å². The van der Waals surface area contributed by atoms with E-state index in [0.717, 1.165) is 22.0 Å². The molecule has 0 aliphatic rings. The molecule has 0 spiro atoms. The number of H-pyrrole nitrogens is 1. The highest BCUT2D eigenvalue weighted by molar-refractivity contribution is 5.94. The van der Waals surface area contributed by atoms with Gasteiger partial charge in [0.25, 0.3) is 0 Å². The van der Waals surface area contributed by atoms with E-state index in [9.17, 15) is 24.3 Å². The number of aromatic amines is 1. The van der Waals surface area contributed by atoms with Gasteiger partial charge in [0.1, 0.15) is 18.1 Å². The monoisotopic (exact) mass is 536 g/mol. The van der Waals surface area contributed by atoms with E-state index in [1.165, 1.54) is 0 Å². The van der Waals surface area contributed by atoms with E-state index < -0.39 is 41.8 Å². The van der Waals surface area contributed by atoms with Gasteiger partial charge in [0.05, 0.1) is 6.54 Å². The maximum Gasteiger partial charge on any atom is 0.326 e. The van der Waals surface area contributed by atoms with Crippen LogP contribution in [0.1, 0.15) is 30.4 Å². The Morgan fingerprint density at radius 2 is 1.46 bits per heavy atom. The lowest BCUT2D eigenvalue weighted by molar-refractivity contribution is -0.142. The van der Waals surface area contributed by atoms with Gasteiger partial charge in [-0.1, -0.05) is 48.5 Å². The number of carbonyl (C=O) groups is 4. The molecule has 0 radical (unpaired) electrons. The van der Waals surface area contributed by atoms with Crippen molar-refractivity contribution in [3.05, 3.63) is 71.9 Å². The summed E-state index contributed by atoms with van der Waals surface area (Å²) in [5.41, 5.74) is 13.3. The number of rotatable bonds is 15. The zero-order chi connectivity index (χ0) is 28.2. The molecule has 0 aliphatic carbocycles. The molecule has 3 amide bonds. The number of hydrogen-bond donors (Lipinski definition) is 7. The first-order valence-electron chi connectivity index (χ1n) is 12.9. The molecule has 11 nitrogen and oxygen atoms in total. The fraction of sp³-hybridized carbons (Fsp3) is 0.357. The second-order valence-corrected chi connectivity index (χ2v) is 9.32. The summed E-state index contributed by atoms with van der Waals surface area (Å²) in [6.07, 6.45) is 3.45. The van der Waals surface area contributed by atoms with Crippen molar-refractivity contribution in [2.24, 2.45) is 11.5 Å². The van der Waals surface area contributed by atoms with Crippen molar-refractivity contribution >= 4 is 34.6 Å². The van der Waals surface area contributed by atoms with Crippen LogP contribution in [0.3, 0.4) is 0 Å². The smallest absolute Gasteiger partial charge is 0.326 e. The molecule has 0 aliphatic heterocycles. The topological polar surface area (TPSA) is 192 Å². The van der Waals surface area contributed by atoms with Gasteiger partial charge < -0.3 is 37.5 Å². The van der Waals surface area contributed by atoms with Gasteiger partial charge in [0.2, 0.25) is 17.7 Å². The number of fused-ring (bicyclic) bond motifs is 1. The van der Waals surface area contributed by atoms with Crippen LogP contribution in [0.15, 0.2) is 60.8 Å². The SMILES string of the molecule is NCCCCC(NC(=O)CN)C(=O)NC(Cc1ccccc1)C(=O)NC(Cc1c[nH]c2ccccc12)C(=O)O. The van der Waals surface area contributed by atoms with Gasteiger partial charge in [-0.3, -0.25) is 14.4 Å². The summed E-state index contributed by atoms with van der Waals surface area (Å²) in [7, 11) is 0. The average molecular weight is 537 g/mol. The molecule has 3 atom stereocenters. The molecule has 1 aromatic heterocycles. The number of benzene rings is 2. The minimum Gasteiger partial charge on any atom is -0.480 e. The highest BCUT2D eigenvalue weighted by Gasteiger charge is 2.30. The Morgan fingerprint density at radius 1 is 0.795 bits per heavy atom. The number of aromatic nitrogens is 1. The van der Waals surface area contributed by atoms with Crippen molar-refractivity contribution in [1.82, 2.24) is 20.9 Å². The molecule has 3 aromatic rings. The number of amides is 3. The molecule has 0 fully saturated rings. The molecule has 39 heavy (non-hydrogen) atoms. The lowest BCUT2D eigenvalue weighted by atomic mass is 10.0. The van der Waals surface area contributed by atoms with Gasteiger partial charge in [0.15, 0.2) is 0 Å². The summed E-state index contributed by atoms with van der Waals surface area (Å²) in [5.74, 6) is -2.91. The van der Waals surface area contributed by atoms with Crippen molar-refractivity contribution in [3.8, 4) is 0 Å². The minimum absolute atomic E-state index is 0.0470. The lowest BCUT2D eigenvalue weighted by Crippen LogP contribution is -2.57. The maximum absolute atomic E-state index is 13.4. The minimum atomic E-state index is -1.23. The molecule has 2 aromatic carbocycles. The first-order chi connectivity index (χ1) is 18.8. The summed E-state index contributed by atoms with van der Waals surface area (Å²) in [6, 6.07) is 13.3. The number of unbranched alkanes of at least 4 members (excludes halogenated alkanes) is 1. The number of carbonyl (C=O) groups excluding carboxylic acids is 3. The molecule has 9 N–H and O–H groups in total. The highest BCUT2D eigenvalue weighted by Crippen LogP contribution is 2.19. The molecule has 3 unspecified atom stereocenters. The average Bonchev–Trinajstić information content (AvgIpc) is 3.34. The summed E-state index contributed by atoms with van der Waals surface area (Å²) in [5, 5.41) is 18.7. The Bertz CT molecular complexity index is 1260. The van der Waals surface area contributed by atoms with E-state index in [4.69, 9.17) is 11.5 Å². The van der Waals surface area contributed by atoms with Crippen LogP contribution in [0.2, 0.25) is 0 Å². The van der Waals surface area contributed by atoms with Crippen molar-refractivity contribution in [1.29, 1.82) is 0 Å². The second kappa shape index (κ2) is 14.6. The quantitative estimate of drug-likeness (QED) is 0.138. The van der Waals surface area contributed by atoms with E-state index in [-0.39, 0.29) is 19.4 Å². The Balaban J connectivity index is 1.79. The first-order valence-corrected chi connectivity index (χ1v) is 12.9. The third-order valence-electron chi connectivity index (χ3n) is 6.41. The van der Waals surface area contributed by atoms with Gasteiger partial charge in [-0.25, -0.2) is 4.79 Å². The fourth-order valence-electron chi connectivity index (χ4n) is 4.34. The number of para-hydroxylation sites is 1. The predicted molar refractivity (Wildman–Crippen MR) is 148 cm³/mol. The molecule has 0 bridgehead atoms. The van der Waals surface area contributed by atoms with Crippen molar-refractivity contribution in [2.45, 2.75) is 50.2 Å². The molecule has 0 saturated carbocycles. The zero-order valence-electron chi connectivity index (χ0n) is 21.7.